The van der Waals surface area contributed by atoms with Gasteiger partial charge in [0.2, 0.25) is 0 Å². The molecule has 2 aromatic carbocycles. The van der Waals surface area contributed by atoms with E-state index in [2.05, 4.69) is 9.73 Å². The fraction of sp³-hybridized carbons (Fsp3) is 0. The maximum Gasteiger partial charge on any atom is 0.409 e. The summed E-state index contributed by atoms with van der Waals surface area (Å²) in [4.78, 5) is 22.0. The standard InChI is InChI=1S/C16H11NO5/c18-15-9-10(7-8-21-15)22-14-6-5-13(17-16(19)20)11-3-1-2-4-12(11)14/h1-9,17H,(H,19,20). The van der Waals surface area contributed by atoms with Crippen molar-refractivity contribution >= 4 is 22.6 Å². The Kier molecular flexibility index (Phi) is 3.49. The van der Waals surface area contributed by atoms with Gasteiger partial charge in [0.15, 0.2) is 0 Å². The van der Waals surface area contributed by atoms with Gasteiger partial charge < -0.3 is 14.3 Å². The van der Waals surface area contributed by atoms with E-state index in [1.165, 1.54) is 18.4 Å². The quantitative estimate of drug-likeness (QED) is 0.770. The van der Waals surface area contributed by atoms with Gasteiger partial charge in [0, 0.05) is 16.8 Å². The number of hydrogen-bond acceptors (Lipinski definition) is 4. The molecule has 0 radical (unpaired) electrons. The Bertz CT molecular complexity index is 900. The van der Waals surface area contributed by atoms with Crippen molar-refractivity contribution in [3.05, 3.63) is 65.2 Å². The lowest BCUT2D eigenvalue weighted by atomic mass is 10.1. The summed E-state index contributed by atoms with van der Waals surface area (Å²) < 4.78 is 10.3. The molecule has 2 N–H and O–H groups in total. The van der Waals surface area contributed by atoms with Crippen LogP contribution in [0.1, 0.15) is 0 Å². The van der Waals surface area contributed by atoms with Crippen LogP contribution >= 0.6 is 0 Å². The number of carbonyl (C=O) groups is 1. The molecule has 0 aliphatic rings. The van der Waals surface area contributed by atoms with Gasteiger partial charge >= 0.3 is 11.7 Å². The Hall–Kier alpha value is -3.28. The first kappa shape index (κ1) is 13.7. The second-order valence-electron chi connectivity index (χ2n) is 4.48. The number of carboxylic acid groups (broad SMARTS) is 1. The number of anilines is 1. The second-order valence-corrected chi connectivity index (χ2v) is 4.48. The van der Waals surface area contributed by atoms with Crippen LogP contribution in [0.4, 0.5) is 10.5 Å². The van der Waals surface area contributed by atoms with Gasteiger partial charge in [0.1, 0.15) is 11.5 Å². The molecule has 0 saturated carbocycles. The number of hydrogen-bond donors (Lipinski definition) is 2. The topological polar surface area (TPSA) is 88.8 Å². The molecular formula is C16H11NO5. The van der Waals surface area contributed by atoms with Crippen molar-refractivity contribution in [2.24, 2.45) is 0 Å². The van der Waals surface area contributed by atoms with Gasteiger partial charge in [0.05, 0.1) is 18.0 Å². The third-order valence-corrected chi connectivity index (χ3v) is 3.03. The summed E-state index contributed by atoms with van der Waals surface area (Å²) >= 11 is 0. The summed E-state index contributed by atoms with van der Waals surface area (Å²) in [6, 6.07) is 13.2. The monoisotopic (exact) mass is 297 g/mol. The van der Waals surface area contributed by atoms with E-state index in [1.54, 1.807) is 24.3 Å². The minimum atomic E-state index is -1.14. The fourth-order valence-corrected chi connectivity index (χ4v) is 2.14. The van der Waals surface area contributed by atoms with Crippen LogP contribution in [0, 0.1) is 0 Å². The summed E-state index contributed by atoms with van der Waals surface area (Å²) in [7, 11) is 0. The smallest absolute Gasteiger partial charge is 0.409 e. The highest BCUT2D eigenvalue weighted by Crippen LogP contribution is 2.34. The zero-order valence-electron chi connectivity index (χ0n) is 11.3. The summed E-state index contributed by atoms with van der Waals surface area (Å²) in [6.07, 6.45) is 0.111. The fourth-order valence-electron chi connectivity index (χ4n) is 2.14. The minimum Gasteiger partial charge on any atom is -0.465 e. The molecule has 0 bridgehead atoms. The molecule has 0 aliphatic heterocycles. The molecule has 3 aromatic rings. The van der Waals surface area contributed by atoms with Crippen molar-refractivity contribution in [1.29, 1.82) is 0 Å². The lowest BCUT2D eigenvalue weighted by Crippen LogP contribution is -2.07. The van der Waals surface area contributed by atoms with E-state index in [9.17, 15) is 9.59 Å². The molecule has 1 heterocycles. The van der Waals surface area contributed by atoms with Crippen molar-refractivity contribution in [2.75, 3.05) is 5.32 Å². The van der Waals surface area contributed by atoms with E-state index < -0.39 is 11.7 Å². The Labute approximate surface area is 124 Å². The zero-order valence-corrected chi connectivity index (χ0v) is 11.3. The first-order valence-corrected chi connectivity index (χ1v) is 6.42. The number of benzene rings is 2. The molecule has 0 unspecified atom stereocenters. The van der Waals surface area contributed by atoms with Gasteiger partial charge in [-0.3, -0.25) is 5.32 Å². The number of ether oxygens (including phenoxy) is 1. The molecule has 0 fully saturated rings. The molecule has 0 atom stereocenters. The van der Waals surface area contributed by atoms with Crippen LogP contribution in [-0.4, -0.2) is 11.2 Å². The van der Waals surface area contributed by atoms with Crippen molar-refractivity contribution in [2.45, 2.75) is 0 Å². The predicted octanol–water partition coefficient (Wildman–Crippen LogP) is 3.68. The van der Waals surface area contributed by atoms with Gasteiger partial charge in [-0.15, -0.1) is 0 Å². The Balaban J connectivity index is 2.07. The summed E-state index contributed by atoms with van der Waals surface area (Å²) in [5, 5.41) is 12.6. The lowest BCUT2D eigenvalue weighted by Gasteiger charge is -2.11. The molecule has 6 heteroatoms. The molecule has 22 heavy (non-hydrogen) atoms. The van der Waals surface area contributed by atoms with Crippen molar-refractivity contribution in [3.63, 3.8) is 0 Å². The average Bonchev–Trinajstić information content (AvgIpc) is 2.49. The van der Waals surface area contributed by atoms with Crippen LogP contribution in [0.15, 0.2) is 64.0 Å². The van der Waals surface area contributed by atoms with Crippen LogP contribution in [0.2, 0.25) is 0 Å². The highest BCUT2D eigenvalue weighted by Gasteiger charge is 2.09. The maximum atomic E-state index is 11.2. The second kappa shape index (κ2) is 5.61. The molecule has 1 amide bonds. The molecule has 110 valence electrons. The van der Waals surface area contributed by atoms with Crippen molar-refractivity contribution < 1.29 is 19.1 Å². The first-order valence-electron chi connectivity index (χ1n) is 6.42. The molecule has 0 aliphatic carbocycles. The van der Waals surface area contributed by atoms with Gasteiger partial charge in [-0.2, -0.15) is 0 Å². The summed E-state index contributed by atoms with van der Waals surface area (Å²) in [5.41, 5.74) is -0.0472. The van der Waals surface area contributed by atoms with E-state index in [1.807, 2.05) is 12.1 Å². The molecule has 0 saturated heterocycles. The summed E-state index contributed by atoms with van der Waals surface area (Å²) in [6.45, 7) is 0. The van der Waals surface area contributed by atoms with Crippen LogP contribution in [0.5, 0.6) is 11.5 Å². The Morgan fingerprint density at radius 3 is 2.59 bits per heavy atom. The highest BCUT2D eigenvalue weighted by atomic mass is 16.5. The van der Waals surface area contributed by atoms with E-state index in [0.717, 1.165) is 5.39 Å². The van der Waals surface area contributed by atoms with E-state index >= 15 is 0 Å². The summed E-state index contributed by atoms with van der Waals surface area (Å²) in [5.74, 6) is 0.859. The first-order chi connectivity index (χ1) is 10.6. The normalized spacial score (nSPS) is 10.4. The van der Waals surface area contributed by atoms with Crippen LogP contribution < -0.4 is 15.7 Å². The van der Waals surface area contributed by atoms with Gasteiger partial charge in [-0.25, -0.2) is 9.59 Å². The molecule has 0 spiro atoms. The van der Waals surface area contributed by atoms with Crippen molar-refractivity contribution in [1.82, 2.24) is 0 Å². The SMILES string of the molecule is O=C(O)Nc1ccc(Oc2ccoc(=O)c2)c2ccccc12. The third kappa shape index (κ3) is 2.76. The minimum absolute atomic E-state index is 0.348. The lowest BCUT2D eigenvalue weighted by molar-refractivity contribution is 0.210. The number of rotatable bonds is 3. The predicted molar refractivity (Wildman–Crippen MR) is 80.6 cm³/mol. The molecule has 1 aromatic heterocycles. The van der Waals surface area contributed by atoms with E-state index in [-0.39, 0.29) is 0 Å². The Morgan fingerprint density at radius 1 is 1.09 bits per heavy atom. The Morgan fingerprint density at radius 2 is 1.86 bits per heavy atom. The van der Waals surface area contributed by atoms with Crippen LogP contribution in [0.25, 0.3) is 10.8 Å². The van der Waals surface area contributed by atoms with Gasteiger partial charge in [-0.05, 0) is 12.1 Å². The third-order valence-electron chi connectivity index (χ3n) is 3.03. The molecule has 6 nitrogen and oxygen atoms in total. The zero-order chi connectivity index (χ0) is 15.5. The van der Waals surface area contributed by atoms with Crippen molar-refractivity contribution in [3.8, 4) is 11.5 Å². The highest BCUT2D eigenvalue weighted by molar-refractivity contribution is 6.02. The van der Waals surface area contributed by atoms with Crippen LogP contribution in [0.3, 0.4) is 0 Å². The number of amides is 1. The largest absolute Gasteiger partial charge is 0.465 e. The van der Waals surface area contributed by atoms with E-state index in [4.69, 9.17) is 9.84 Å². The average molecular weight is 297 g/mol. The molecular weight excluding hydrogens is 286 g/mol. The number of nitrogens with one attached hydrogen (secondary N) is 1. The van der Waals surface area contributed by atoms with E-state index in [0.29, 0.717) is 22.6 Å². The number of fused-ring (bicyclic) bond motifs is 1. The van der Waals surface area contributed by atoms with Crippen LogP contribution in [-0.2, 0) is 0 Å². The van der Waals surface area contributed by atoms with Gasteiger partial charge in [-0.1, -0.05) is 24.3 Å². The van der Waals surface area contributed by atoms with Gasteiger partial charge in [0.25, 0.3) is 0 Å². The maximum absolute atomic E-state index is 11.2. The molecule has 3 rings (SSSR count).